The van der Waals surface area contributed by atoms with Crippen LogP contribution in [0.15, 0.2) is 48.5 Å². The molecule has 0 spiro atoms. The van der Waals surface area contributed by atoms with Crippen molar-refractivity contribution in [1.29, 1.82) is 0 Å². The van der Waals surface area contributed by atoms with Gasteiger partial charge in [0.25, 0.3) is 0 Å². The molecule has 2 rings (SSSR count). The second-order valence-electron chi connectivity index (χ2n) is 4.40. The average Bonchev–Trinajstić information content (AvgIpc) is 2.48. The Bertz CT molecular complexity index is 623. The number of hydrogen-bond donors (Lipinski definition) is 0. The van der Waals surface area contributed by atoms with Crippen LogP contribution in [-0.4, -0.2) is 20.2 Å². The maximum absolute atomic E-state index is 12.5. The molecule has 2 aromatic rings. The SMILES string of the molecule is COC(=O)C(OC)(c1ccccc1)c1cc(Cl)cc(Cl)c1. The van der Waals surface area contributed by atoms with Crippen molar-refractivity contribution in [2.75, 3.05) is 14.2 Å². The van der Waals surface area contributed by atoms with Crippen molar-refractivity contribution in [3.63, 3.8) is 0 Å². The number of halogens is 2. The Morgan fingerprint density at radius 3 is 2.00 bits per heavy atom. The molecule has 21 heavy (non-hydrogen) atoms. The summed E-state index contributed by atoms with van der Waals surface area (Å²) in [6.07, 6.45) is 0. The van der Waals surface area contributed by atoms with Gasteiger partial charge in [-0.2, -0.15) is 0 Å². The summed E-state index contributed by atoms with van der Waals surface area (Å²) in [5.41, 5.74) is -0.261. The first-order valence-electron chi connectivity index (χ1n) is 6.20. The first-order valence-corrected chi connectivity index (χ1v) is 6.96. The van der Waals surface area contributed by atoms with Crippen LogP contribution in [0.25, 0.3) is 0 Å². The number of esters is 1. The van der Waals surface area contributed by atoms with Crippen molar-refractivity contribution >= 4 is 29.2 Å². The lowest BCUT2D eigenvalue weighted by Gasteiger charge is -2.30. The highest BCUT2D eigenvalue weighted by Gasteiger charge is 2.44. The first kappa shape index (κ1) is 15.8. The monoisotopic (exact) mass is 324 g/mol. The van der Waals surface area contributed by atoms with E-state index in [9.17, 15) is 4.79 Å². The molecule has 0 aliphatic rings. The summed E-state index contributed by atoms with van der Waals surface area (Å²) in [5, 5.41) is 0.831. The van der Waals surface area contributed by atoms with Crippen LogP contribution in [0, 0.1) is 0 Å². The van der Waals surface area contributed by atoms with E-state index in [-0.39, 0.29) is 0 Å². The molecular formula is C16H14Cl2O3. The Kier molecular flexibility index (Phi) is 4.88. The molecule has 110 valence electrons. The molecule has 0 amide bonds. The Hall–Kier alpha value is -1.55. The third kappa shape index (κ3) is 2.91. The third-order valence-electron chi connectivity index (χ3n) is 3.23. The Labute approximate surface area is 133 Å². The molecule has 5 heteroatoms. The van der Waals surface area contributed by atoms with Crippen LogP contribution in [0.2, 0.25) is 10.0 Å². The second-order valence-corrected chi connectivity index (χ2v) is 5.27. The summed E-state index contributed by atoms with van der Waals surface area (Å²) in [5.74, 6) is -0.547. The van der Waals surface area contributed by atoms with Gasteiger partial charge in [0.2, 0.25) is 5.60 Å². The molecular weight excluding hydrogens is 311 g/mol. The van der Waals surface area contributed by atoms with Crippen molar-refractivity contribution in [3.05, 3.63) is 69.7 Å². The highest BCUT2D eigenvalue weighted by atomic mass is 35.5. The van der Waals surface area contributed by atoms with Gasteiger partial charge in [-0.25, -0.2) is 4.79 Å². The molecule has 0 aliphatic heterocycles. The zero-order valence-corrected chi connectivity index (χ0v) is 13.1. The topological polar surface area (TPSA) is 35.5 Å². The quantitative estimate of drug-likeness (QED) is 0.796. The van der Waals surface area contributed by atoms with Crippen molar-refractivity contribution < 1.29 is 14.3 Å². The van der Waals surface area contributed by atoms with Gasteiger partial charge in [0.05, 0.1) is 7.11 Å². The van der Waals surface area contributed by atoms with E-state index in [0.29, 0.717) is 21.2 Å². The van der Waals surface area contributed by atoms with Gasteiger partial charge >= 0.3 is 5.97 Å². The largest absolute Gasteiger partial charge is 0.466 e. The standard InChI is InChI=1S/C16H14Cl2O3/c1-20-15(19)16(21-2,11-6-4-3-5-7-11)12-8-13(17)10-14(18)9-12/h3-10H,1-2H3. The van der Waals surface area contributed by atoms with Gasteiger partial charge in [-0.15, -0.1) is 0 Å². The van der Waals surface area contributed by atoms with Crippen LogP contribution in [0.4, 0.5) is 0 Å². The average molecular weight is 325 g/mol. The van der Waals surface area contributed by atoms with Gasteiger partial charge < -0.3 is 9.47 Å². The molecule has 0 aliphatic carbocycles. The molecule has 0 bridgehead atoms. The lowest BCUT2D eigenvalue weighted by molar-refractivity contribution is -0.162. The predicted octanol–water partition coefficient (Wildman–Crippen LogP) is 4.06. The molecule has 0 fully saturated rings. The predicted molar refractivity (Wildman–Crippen MR) is 82.7 cm³/mol. The van der Waals surface area contributed by atoms with Crippen LogP contribution in [-0.2, 0) is 19.9 Å². The molecule has 1 atom stereocenters. The number of methoxy groups -OCH3 is 2. The molecule has 0 N–H and O–H groups in total. The maximum atomic E-state index is 12.5. The zero-order chi connectivity index (χ0) is 15.5. The summed E-state index contributed by atoms with van der Waals surface area (Å²) in [7, 11) is 2.75. The van der Waals surface area contributed by atoms with E-state index in [4.69, 9.17) is 32.7 Å². The first-order chi connectivity index (χ1) is 10.0. The van der Waals surface area contributed by atoms with E-state index >= 15 is 0 Å². The van der Waals surface area contributed by atoms with Crippen LogP contribution in [0.1, 0.15) is 11.1 Å². The van der Waals surface area contributed by atoms with E-state index in [1.165, 1.54) is 14.2 Å². The number of hydrogen-bond acceptors (Lipinski definition) is 3. The molecule has 0 saturated carbocycles. The lowest BCUT2D eigenvalue weighted by Crippen LogP contribution is -2.40. The Morgan fingerprint density at radius 1 is 0.952 bits per heavy atom. The molecule has 0 radical (unpaired) electrons. The van der Waals surface area contributed by atoms with E-state index in [1.807, 2.05) is 18.2 Å². The highest BCUT2D eigenvalue weighted by molar-refractivity contribution is 6.34. The number of benzene rings is 2. The van der Waals surface area contributed by atoms with Crippen molar-refractivity contribution in [3.8, 4) is 0 Å². The molecule has 0 heterocycles. The molecule has 1 unspecified atom stereocenters. The maximum Gasteiger partial charge on any atom is 0.347 e. The fourth-order valence-electron chi connectivity index (χ4n) is 2.30. The molecule has 3 nitrogen and oxygen atoms in total. The number of rotatable bonds is 4. The van der Waals surface area contributed by atoms with E-state index in [1.54, 1.807) is 30.3 Å². The Morgan fingerprint density at radius 2 is 1.52 bits per heavy atom. The lowest BCUT2D eigenvalue weighted by atomic mass is 9.86. The number of carbonyl (C=O) groups is 1. The Balaban J connectivity index is 2.74. The fourth-order valence-corrected chi connectivity index (χ4v) is 2.82. The van der Waals surface area contributed by atoms with Crippen molar-refractivity contribution in [1.82, 2.24) is 0 Å². The van der Waals surface area contributed by atoms with Crippen LogP contribution < -0.4 is 0 Å². The minimum absolute atomic E-state index is 0.416. The minimum Gasteiger partial charge on any atom is -0.466 e. The second kappa shape index (κ2) is 6.48. The van der Waals surface area contributed by atoms with Gasteiger partial charge in [0, 0.05) is 22.7 Å². The van der Waals surface area contributed by atoms with Gasteiger partial charge in [0.15, 0.2) is 0 Å². The van der Waals surface area contributed by atoms with Crippen molar-refractivity contribution in [2.45, 2.75) is 5.60 Å². The normalized spacial score (nSPS) is 13.5. The van der Waals surface area contributed by atoms with Crippen LogP contribution in [0.5, 0.6) is 0 Å². The van der Waals surface area contributed by atoms with E-state index in [0.717, 1.165) is 0 Å². The summed E-state index contributed by atoms with van der Waals surface area (Å²) in [6.45, 7) is 0. The highest BCUT2D eigenvalue weighted by Crippen LogP contribution is 2.37. The number of carbonyl (C=O) groups excluding carboxylic acids is 1. The van der Waals surface area contributed by atoms with Crippen molar-refractivity contribution in [2.24, 2.45) is 0 Å². The van der Waals surface area contributed by atoms with Crippen LogP contribution >= 0.6 is 23.2 Å². The summed E-state index contributed by atoms with van der Waals surface area (Å²) in [6, 6.07) is 13.9. The summed E-state index contributed by atoms with van der Waals surface area (Å²) in [4.78, 5) is 12.5. The van der Waals surface area contributed by atoms with E-state index in [2.05, 4.69) is 0 Å². The summed E-state index contributed by atoms with van der Waals surface area (Å²) < 4.78 is 10.5. The molecule has 0 saturated heterocycles. The number of ether oxygens (including phenoxy) is 2. The van der Waals surface area contributed by atoms with Gasteiger partial charge in [0.1, 0.15) is 0 Å². The van der Waals surface area contributed by atoms with Gasteiger partial charge in [-0.1, -0.05) is 53.5 Å². The molecule has 2 aromatic carbocycles. The minimum atomic E-state index is -1.41. The summed E-state index contributed by atoms with van der Waals surface area (Å²) >= 11 is 12.1. The van der Waals surface area contributed by atoms with Gasteiger partial charge in [-0.05, 0) is 23.8 Å². The van der Waals surface area contributed by atoms with E-state index < -0.39 is 11.6 Å². The fraction of sp³-hybridized carbons (Fsp3) is 0.188. The third-order valence-corrected chi connectivity index (χ3v) is 3.66. The smallest absolute Gasteiger partial charge is 0.347 e. The van der Waals surface area contributed by atoms with Gasteiger partial charge in [-0.3, -0.25) is 0 Å². The van der Waals surface area contributed by atoms with Crippen LogP contribution in [0.3, 0.4) is 0 Å². The molecule has 0 aromatic heterocycles. The zero-order valence-electron chi connectivity index (χ0n) is 11.6.